The lowest BCUT2D eigenvalue weighted by Gasteiger charge is -2.13. The van der Waals surface area contributed by atoms with Crippen LogP contribution in [0.2, 0.25) is 5.15 Å². The predicted octanol–water partition coefficient (Wildman–Crippen LogP) is 1.63. The SMILES string of the molecule is CCOC(=O)[C@H]1OC(n2cnc3c(Cl)ncnc32)CS1. The average Bonchev–Trinajstić information content (AvgIpc) is 3.05. The van der Waals surface area contributed by atoms with Crippen molar-refractivity contribution < 1.29 is 14.3 Å². The Balaban J connectivity index is 1.83. The van der Waals surface area contributed by atoms with E-state index < -0.39 is 5.44 Å². The Morgan fingerprint density at radius 2 is 2.45 bits per heavy atom. The Hall–Kier alpha value is -1.38. The second-order valence-electron chi connectivity index (χ2n) is 4.00. The van der Waals surface area contributed by atoms with Gasteiger partial charge in [-0.2, -0.15) is 0 Å². The van der Waals surface area contributed by atoms with E-state index in [0.717, 1.165) is 0 Å². The number of carbonyl (C=O) groups is 1. The van der Waals surface area contributed by atoms with E-state index >= 15 is 0 Å². The molecule has 1 fully saturated rings. The van der Waals surface area contributed by atoms with Crippen LogP contribution in [0.3, 0.4) is 0 Å². The summed E-state index contributed by atoms with van der Waals surface area (Å²) in [6, 6.07) is 0. The van der Waals surface area contributed by atoms with Crippen molar-refractivity contribution in [1.29, 1.82) is 0 Å². The van der Waals surface area contributed by atoms with E-state index in [1.165, 1.54) is 18.1 Å². The number of halogens is 1. The van der Waals surface area contributed by atoms with Crippen LogP contribution in [0.1, 0.15) is 13.2 Å². The van der Waals surface area contributed by atoms with Gasteiger partial charge in [0.05, 0.1) is 12.9 Å². The van der Waals surface area contributed by atoms with Gasteiger partial charge in [0.2, 0.25) is 5.44 Å². The fraction of sp³-hybridized carbons (Fsp3) is 0.455. The van der Waals surface area contributed by atoms with Crippen LogP contribution in [-0.2, 0) is 14.3 Å². The molecule has 1 unspecified atom stereocenters. The zero-order valence-corrected chi connectivity index (χ0v) is 12.1. The van der Waals surface area contributed by atoms with Crippen LogP contribution in [0.25, 0.3) is 11.2 Å². The molecule has 3 rings (SSSR count). The maximum Gasteiger partial charge on any atom is 0.345 e. The molecule has 0 amide bonds. The minimum atomic E-state index is -0.616. The van der Waals surface area contributed by atoms with E-state index in [2.05, 4.69) is 15.0 Å². The number of nitrogens with zero attached hydrogens (tertiary/aromatic N) is 4. The van der Waals surface area contributed by atoms with E-state index in [-0.39, 0.29) is 12.2 Å². The lowest BCUT2D eigenvalue weighted by molar-refractivity contribution is -0.153. The van der Waals surface area contributed by atoms with Crippen LogP contribution in [0.5, 0.6) is 0 Å². The summed E-state index contributed by atoms with van der Waals surface area (Å²) in [6.07, 6.45) is 2.63. The molecule has 1 aliphatic rings. The van der Waals surface area contributed by atoms with E-state index in [0.29, 0.717) is 28.7 Å². The summed E-state index contributed by atoms with van der Waals surface area (Å²) in [6.45, 7) is 2.10. The third-order valence-electron chi connectivity index (χ3n) is 2.77. The first kappa shape index (κ1) is 13.6. The van der Waals surface area contributed by atoms with E-state index in [1.807, 2.05) is 0 Å². The first-order chi connectivity index (χ1) is 9.70. The third kappa shape index (κ3) is 2.34. The highest BCUT2D eigenvalue weighted by molar-refractivity contribution is 8.00. The Labute approximate surface area is 123 Å². The number of hydrogen-bond donors (Lipinski definition) is 0. The normalized spacial score (nSPS) is 22.3. The van der Waals surface area contributed by atoms with E-state index in [9.17, 15) is 4.79 Å². The van der Waals surface area contributed by atoms with Crippen molar-refractivity contribution in [3.63, 3.8) is 0 Å². The van der Waals surface area contributed by atoms with E-state index in [1.54, 1.807) is 17.8 Å². The summed E-state index contributed by atoms with van der Waals surface area (Å²) < 4.78 is 12.4. The van der Waals surface area contributed by atoms with Gasteiger partial charge >= 0.3 is 5.97 Å². The summed E-state index contributed by atoms with van der Waals surface area (Å²) in [5.74, 6) is 0.244. The van der Waals surface area contributed by atoms with Crippen LogP contribution < -0.4 is 0 Å². The number of hydrogen-bond acceptors (Lipinski definition) is 7. The Morgan fingerprint density at radius 1 is 1.60 bits per heavy atom. The zero-order chi connectivity index (χ0) is 14.1. The predicted molar refractivity (Wildman–Crippen MR) is 73.3 cm³/mol. The summed E-state index contributed by atoms with van der Waals surface area (Å²) in [5.41, 5.74) is 0.483. The Bertz CT molecular complexity index is 650. The second kappa shape index (κ2) is 5.55. The van der Waals surface area contributed by atoms with Crippen molar-refractivity contribution in [2.45, 2.75) is 18.6 Å². The van der Waals surface area contributed by atoms with Gasteiger partial charge in [0.1, 0.15) is 18.1 Å². The maximum absolute atomic E-state index is 11.6. The Kier molecular flexibility index (Phi) is 3.77. The highest BCUT2D eigenvalue weighted by Gasteiger charge is 2.34. The number of aromatic nitrogens is 4. The highest BCUT2D eigenvalue weighted by atomic mass is 35.5. The number of esters is 1. The van der Waals surface area contributed by atoms with Crippen LogP contribution in [-0.4, -0.2) is 43.3 Å². The lowest BCUT2D eigenvalue weighted by atomic mass is 10.5. The maximum atomic E-state index is 11.6. The molecule has 0 bridgehead atoms. The first-order valence-corrected chi connectivity index (χ1v) is 7.40. The van der Waals surface area contributed by atoms with Crippen LogP contribution in [0.15, 0.2) is 12.7 Å². The summed E-state index contributed by atoms with van der Waals surface area (Å²) in [4.78, 5) is 23.8. The fourth-order valence-corrected chi connectivity index (χ4v) is 3.07. The minimum Gasteiger partial charge on any atom is -0.463 e. The smallest absolute Gasteiger partial charge is 0.345 e. The van der Waals surface area contributed by atoms with Crippen molar-refractivity contribution in [2.24, 2.45) is 0 Å². The van der Waals surface area contributed by atoms with Gasteiger partial charge in [-0.1, -0.05) is 11.6 Å². The molecule has 106 valence electrons. The first-order valence-electron chi connectivity index (χ1n) is 5.97. The van der Waals surface area contributed by atoms with Gasteiger partial charge in [-0.15, -0.1) is 11.8 Å². The number of imidazole rings is 1. The van der Waals surface area contributed by atoms with Gasteiger partial charge in [0.15, 0.2) is 10.8 Å². The highest BCUT2D eigenvalue weighted by Crippen LogP contribution is 2.34. The molecule has 0 N–H and O–H groups in total. The van der Waals surface area contributed by atoms with Crippen molar-refractivity contribution in [1.82, 2.24) is 19.5 Å². The molecular formula is C11H11ClN4O3S. The van der Waals surface area contributed by atoms with Crippen molar-refractivity contribution in [3.05, 3.63) is 17.8 Å². The molecule has 2 aromatic rings. The van der Waals surface area contributed by atoms with Gasteiger partial charge in [-0.3, -0.25) is 4.57 Å². The Morgan fingerprint density at radius 3 is 3.25 bits per heavy atom. The number of carbonyl (C=O) groups excluding carboxylic acids is 1. The van der Waals surface area contributed by atoms with Crippen molar-refractivity contribution in [3.8, 4) is 0 Å². The van der Waals surface area contributed by atoms with Crippen LogP contribution >= 0.6 is 23.4 Å². The molecule has 20 heavy (non-hydrogen) atoms. The summed E-state index contributed by atoms with van der Waals surface area (Å²) >= 11 is 7.34. The molecule has 0 radical (unpaired) electrons. The topological polar surface area (TPSA) is 79.1 Å². The molecule has 3 heterocycles. The monoisotopic (exact) mass is 314 g/mol. The van der Waals surface area contributed by atoms with Gasteiger partial charge in [-0.05, 0) is 6.92 Å². The molecular weight excluding hydrogens is 304 g/mol. The summed E-state index contributed by atoms with van der Waals surface area (Å²) in [7, 11) is 0. The average molecular weight is 315 g/mol. The zero-order valence-electron chi connectivity index (χ0n) is 10.5. The molecule has 2 atom stereocenters. The molecule has 7 nitrogen and oxygen atoms in total. The molecule has 1 aliphatic heterocycles. The van der Waals surface area contributed by atoms with Crippen LogP contribution in [0, 0.1) is 0 Å². The van der Waals surface area contributed by atoms with Gasteiger partial charge in [-0.25, -0.2) is 19.7 Å². The molecule has 0 saturated carbocycles. The van der Waals surface area contributed by atoms with Crippen LogP contribution in [0.4, 0.5) is 0 Å². The standard InChI is InChI=1S/C11H11ClN4O3S/c1-2-18-10(17)11-19-6(3-20-11)16-5-15-7-8(12)13-4-14-9(7)16/h4-6,11H,2-3H2,1H3/t6?,11-/m0/s1. The number of fused-ring (bicyclic) bond motifs is 1. The van der Waals surface area contributed by atoms with Gasteiger partial charge in [0, 0.05) is 5.75 Å². The molecule has 0 aliphatic carbocycles. The van der Waals surface area contributed by atoms with Crippen molar-refractivity contribution >= 4 is 40.5 Å². The van der Waals surface area contributed by atoms with E-state index in [4.69, 9.17) is 21.1 Å². The molecule has 1 saturated heterocycles. The quantitative estimate of drug-likeness (QED) is 0.629. The molecule has 0 spiro atoms. The lowest BCUT2D eigenvalue weighted by Crippen LogP contribution is -2.21. The second-order valence-corrected chi connectivity index (χ2v) is 5.45. The summed E-state index contributed by atoms with van der Waals surface area (Å²) in [5, 5.41) is 0.293. The number of thioether (sulfide) groups is 1. The number of rotatable bonds is 3. The minimum absolute atomic E-state index is 0.293. The van der Waals surface area contributed by atoms with Crippen molar-refractivity contribution in [2.75, 3.05) is 12.4 Å². The largest absolute Gasteiger partial charge is 0.463 e. The molecule has 9 heteroatoms. The third-order valence-corrected chi connectivity index (χ3v) is 4.13. The number of ether oxygens (including phenoxy) is 2. The van der Waals surface area contributed by atoms with Gasteiger partial charge in [0.25, 0.3) is 0 Å². The molecule has 2 aromatic heterocycles. The molecule has 0 aromatic carbocycles. The fourth-order valence-electron chi connectivity index (χ4n) is 1.90. The van der Waals surface area contributed by atoms with Gasteiger partial charge < -0.3 is 9.47 Å².